The quantitative estimate of drug-likeness (QED) is 0.581. The minimum atomic E-state index is 0.121. The molecular formula is C12H17N. The van der Waals surface area contributed by atoms with Crippen LogP contribution < -0.4 is 0 Å². The van der Waals surface area contributed by atoms with Gasteiger partial charge in [-0.1, -0.05) is 51.1 Å². The molecule has 0 fully saturated rings. The molecule has 0 aliphatic carbocycles. The van der Waals surface area contributed by atoms with Crippen LogP contribution in [-0.4, -0.2) is 12.8 Å². The van der Waals surface area contributed by atoms with Crippen molar-refractivity contribution in [3.05, 3.63) is 35.9 Å². The van der Waals surface area contributed by atoms with Crippen LogP contribution in [0.4, 0.5) is 0 Å². The lowest BCUT2D eigenvalue weighted by Crippen LogP contribution is -2.21. The van der Waals surface area contributed by atoms with Gasteiger partial charge in [-0.3, -0.25) is 4.99 Å². The van der Waals surface area contributed by atoms with Gasteiger partial charge in [-0.25, -0.2) is 0 Å². The fourth-order valence-electron chi connectivity index (χ4n) is 1.49. The molecule has 1 heteroatoms. The largest absolute Gasteiger partial charge is 0.292 e. The summed E-state index contributed by atoms with van der Waals surface area (Å²) in [6.07, 6.45) is 0. The van der Waals surface area contributed by atoms with Crippen LogP contribution in [0.3, 0.4) is 0 Å². The van der Waals surface area contributed by atoms with Crippen molar-refractivity contribution in [2.45, 2.75) is 20.8 Å². The predicted molar refractivity (Wildman–Crippen MR) is 58.4 cm³/mol. The lowest BCUT2D eigenvalue weighted by molar-refractivity contribution is 0.591. The number of nitrogens with zero attached hydrogens (tertiary/aromatic N) is 1. The summed E-state index contributed by atoms with van der Waals surface area (Å²) in [5.74, 6) is 0. The fourth-order valence-corrected chi connectivity index (χ4v) is 1.49. The molecule has 0 N–H and O–H groups in total. The van der Waals surface area contributed by atoms with Gasteiger partial charge in [-0.15, -0.1) is 0 Å². The molecule has 0 spiro atoms. The van der Waals surface area contributed by atoms with Crippen LogP contribution in [0.5, 0.6) is 0 Å². The molecule has 13 heavy (non-hydrogen) atoms. The zero-order valence-electron chi connectivity index (χ0n) is 8.83. The molecule has 1 aromatic rings. The van der Waals surface area contributed by atoms with Gasteiger partial charge >= 0.3 is 0 Å². The molecule has 0 aliphatic heterocycles. The average molecular weight is 175 g/mol. The van der Waals surface area contributed by atoms with Crippen molar-refractivity contribution < 1.29 is 0 Å². The van der Waals surface area contributed by atoms with Crippen LogP contribution in [0.2, 0.25) is 0 Å². The first-order valence-corrected chi connectivity index (χ1v) is 4.58. The minimum absolute atomic E-state index is 0.121. The van der Waals surface area contributed by atoms with Gasteiger partial charge in [0.25, 0.3) is 0 Å². The highest BCUT2D eigenvalue weighted by Crippen LogP contribution is 2.21. The van der Waals surface area contributed by atoms with E-state index in [1.807, 2.05) is 25.2 Å². The van der Waals surface area contributed by atoms with Crippen molar-refractivity contribution in [2.75, 3.05) is 7.05 Å². The summed E-state index contributed by atoms with van der Waals surface area (Å²) in [5.41, 5.74) is 2.50. The van der Waals surface area contributed by atoms with Crippen LogP contribution in [-0.2, 0) is 0 Å². The lowest BCUT2D eigenvalue weighted by Gasteiger charge is -2.21. The summed E-state index contributed by atoms with van der Waals surface area (Å²) >= 11 is 0. The standard InChI is InChI=1S/C12H17N/c1-12(2,3)11(13-4)10-8-6-5-7-9-10/h5-9H,1-4H3. The molecule has 0 saturated heterocycles. The smallest absolute Gasteiger partial charge is 0.0470 e. The molecular weight excluding hydrogens is 158 g/mol. The molecule has 0 amide bonds. The zero-order chi connectivity index (χ0) is 9.90. The summed E-state index contributed by atoms with van der Waals surface area (Å²) in [6, 6.07) is 10.3. The Labute approximate surface area is 80.5 Å². The highest BCUT2D eigenvalue weighted by Gasteiger charge is 2.19. The summed E-state index contributed by atoms with van der Waals surface area (Å²) < 4.78 is 0. The van der Waals surface area contributed by atoms with Crippen LogP contribution >= 0.6 is 0 Å². The summed E-state index contributed by atoms with van der Waals surface area (Å²) in [4.78, 5) is 4.35. The van der Waals surface area contributed by atoms with E-state index in [0.717, 1.165) is 5.71 Å². The fraction of sp³-hybridized carbons (Fsp3) is 0.417. The maximum Gasteiger partial charge on any atom is 0.0470 e. The van der Waals surface area contributed by atoms with E-state index >= 15 is 0 Å². The van der Waals surface area contributed by atoms with Gasteiger partial charge in [-0.05, 0) is 5.56 Å². The molecule has 70 valence electrons. The SMILES string of the molecule is CN=C(c1ccccc1)C(C)(C)C. The van der Waals surface area contributed by atoms with Crippen molar-refractivity contribution in [1.29, 1.82) is 0 Å². The first kappa shape index (κ1) is 9.97. The number of aliphatic imine (C=N–C) groups is 1. The maximum atomic E-state index is 4.35. The van der Waals surface area contributed by atoms with Crippen molar-refractivity contribution in [3.63, 3.8) is 0 Å². The van der Waals surface area contributed by atoms with E-state index in [-0.39, 0.29) is 5.41 Å². The first-order valence-electron chi connectivity index (χ1n) is 4.58. The monoisotopic (exact) mass is 175 g/mol. The first-order chi connectivity index (χ1) is 6.05. The third-order valence-electron chi connectivity index (χ3n) is 1.98. The van der Waals surface area contributed by atoms with Crippen molar-refractivity contribution in [1.82, 2.24) is 0 Å². The third-order valence-corrected chi connectivity index (χ3v) is 1.98. The molecule has 0 heterocycles. The summed E-state index contributed by atoms with van der Waals surface area (Å²) in [5, 5.41) is 0. The predicted octanol–water partition coefficient (Wildman–Crippen LogP) is 3.15. The molecule has 0 aliphatic rings. The average Bonchev–Trinajstić information content (AvgIpc) is 2.05. The Hall–Kier alpha value is -1.11. The van der Waals surface area contributed by atoms with Crippen molar-refractivity contribution in [2.24, 2.45) is 10.4 Å². The van der Waals surface area contributed by atoms with E-state index < -0.39 is 0 Å². The number of benzene rings is 1. The second-order valence-corrected chi connectivity index (χ2v) is 4.19. The van der Waals surface area contributed by atoms with Crippen LogP contribution in [0.1, 0.15) is 26.3 Å². The van der Waals surface area contributed by atoms with Crippen LogP contribution in [0.25, 0.3) is 0 Å². The Kier molecular flexibility index (Phi) is 2.86. The highest BCUT2D eigenvalue weighted by atomic mass is 14.7. The van der Waals surface area contributed by atoms with Crippen LogP contribution in [0.15, 0.2) is 35.3 Å². The molecule has 0 atom stereocenters. The summed E-state index contributed by atoms with van der Waals surface area (Å²) in [6.45, 7) is 6.55. The van der Waals surface area contributed by atoms with E-state index in [1.165, 1.54) is 5.56 Å². The topological polar surface area (TPSA) is 12.4 Å². The molecule has 0 radical (unpaired) electrons. The van der Waals surface area contributed by atoms with E-state index in [0.29, 0.717) is 0 Å². The molecule has 1 rings (SSSR count). The lowest BCUT2D eigenvalue weighted by atomic mass is 9.85. The Morgan fingerprint density at radius 2 is 1.62 bits per heavy atom. The highest BCUT2D eigenvalue weighted by molar-refractivity contribution is 6.03. The molecule has 0 saturated carbocycles. The van der Waals surface area contributed by atoms with Crippen molar-refractivity contribution >= 4 is 5.71 Å². The van der Waals surface area contributed by atoms with Gasteiger partial charge in [0.15, 0.2) is 0 Å². The van der Waals surface area contributed by atoms with Gasteiger partial charge in [-0.2, -0.15) is 0 Å². The van der Waals surface area contributed by atoms with E-state index in [1.54, 1.807) is 0 Å². The minimum Gasteiger partial charge on any atom is -0.292 e. The number of rotatable bonds is 1. The Bertz CT molecular complexity index is 291. The second kappa shape index (κ2) is 3.73. The van der Waals surface area contributed by atoms with Gasteiger partial charge in [0.2, 0.25) is 0 Å². The van der Waals surface area contributed by atoms with E-state index in [2.05, 4.69) is 37.9 Å². The summed E-state index contributed by atoms with van der Waals surface area (Å²) in [7, 11) is 1.85. The van der Waals surface area contributed by atoms with Gasteiger partial charge in [0.05, 0.1) is 0 Å². The number of hydrogen-bond acceptors (Lipinski definition) is 1. The number of hydrogen-bond donors (Lipinski definition) is 0. The van der Waals surface area contributed by atoms with Crippen molar-refractivity contribution in [3.8, 4) is 0 Å². The van der Waals surface area contributed by atoms with Gasteiger partial charge < -0.3 is 0 Å². The molecule has 0 aromatic heterocycles. The molecule has 1 aromatic carbocycles. The van der Waals surface area contributed by atoms with E-state index in [4.69, 9.17) is 0 Å². The normalized spacial score (nSPS) is 13.1. The molecule has 1 nitrogen and oxygen atoms in total. The Morgan fingerprint density at radius 3 is 2.00 bits per heavy atom. The second-order valence-electron chi connectivity index (χ2n) is 4.19. The van der Waals surface area contributed by atoms with Gasteiger partial charge in [0, 0.05) is 18.2 Å². The Balaban J connectivity index is 3.08. The molecule has 0 bridgehead atoms. The Morgan fingerprint density at radius 1 is 1.08 bits per heavy atom. The van der Waals surface area contributed by atoms with Crippen LogP contribution in [0, 0.1) is 5.41 Å². The van der Waals surface area contributed by atoms with Gasteiger partial charge in [0.1, 0.15) is 0 Å². The zero-order valence-corrected chi connectivity index (χ0v) is 8.83. The van der Waals surface area contributed by atoms with E-state index in [9.17, 15) is 0 Å². The third kappa shape index (κ3) is 2.41. The maximum absolute atomic E-state index is 4.35. The molecule has 0 unspecified atom stereocenters.